The number of aryl methyl sites for hydroxylation is 1. The topological polar surface area (TPSA) is 40.1 Å². The molecule has 146 valence electrons. The molecule has 0 unspecified atom stereocenters. The first-order valence-electron chi connectivity index (χ1n) is 9.70. The Bertz CT molecular complexity index is 1110. The smallest absolute Gasteiger partial charge is 0.256 e. The third kappa shape index (κ3) is 3.79. The zero-order valence-corrected chi connectivity index (χ0v) is 17.3. The molecule has 1 aliphatic heterocycles. The van der Waals surface area contributed by atoms with Gasteiger partial charge < -0.3 is 0 Å². The van der Waals surface area contributed by atoms with Gasteiger partial charge in [0.25, 0.3) is 0 Å². The van der Waals surface area contributed by atoms with Crippen LogP contribution in [0, 0.1) is 13.0 Å². The van der Waals surface area contributed by atoms with Crippen LogP contribution in [-0.2, 0) is 5.41 Å². The van der Waals surface area contributed by atoms with E-state index in [1.807, 2.05) is 41.1 Å². The van der Waals surface area contributed by atoms with E-state index in [0.29, 0.717) is 11.8 Å². The lowest BCUT2D eigenvalue weighted by Crippen LogP contribution is -2.14. The minimum Gasteiger partial charge on any atom is -0.256 e. The fourth-order valence-electron chi connectivity index (χ4n) is 3.32. The van der Waals surface area contributed by atoms with Crippen LogP contribution in [0.4, 0.5) is 0 Å². The summed E-state index contributed by atoms with van der Waals surface area (Å²) >= 11 is 0. The van der Waals surface area contributed by atoms with Crippen LogP contribution >= 0.6 is 0 Å². The summed E-state index contributed by atoms with van der Waals surface area (Å²) in [6, 6.07) is 15.5. The minimum absolute atomic E-state index is 0.110. The molecule has 4 nitrogen and oxygen atoms in total. The highest BCUT2D eigenvalue weighted by molar-refractivity contribution is 5.61. The van der Waals surface area contributed by atoms with Gasteiger partial charge in [-0.1, -0.05) is 63.1 Å². The third-order valence-electron chi connectivity index (χ3n) is 5.12. The Balaban J connectivity index is 1.65. The lowest BCUT2D eigenvalue weighted by Gasteiger charge is -2.19. The lowest BCUT2D eigenvalue weighted by molar-refractivity contribution is -0.417. The van der Waals surface area contributed by atoms with Crippen molar-refractivity contribution in [2.24, 2.45) is 0 Å². The normalized spacial score (nSPS) is 13.9. The molecule has 1 aromatic heterocycles. The van der Waals surface area contributed by atoms with Gasteiger partial charge in [-0.3, -0.25) is 8.99 Å². The fraction of sp³-hybridized carbons (Fsp3) is 0.200. The molecule has 4 rings (SSSR count). The van der Waals surface area contributed by atoms with Gasteiger partial charge >= 0.3 is 11.8 Å². The van der Waals surface area contributed by atoms with E-state index in [-0.39, 0.29) is 5.41 Å². The molecule has 0 N–H and O–H groups in total. The molecule has 3 aromatic rings. The molecule has 2 aromatic carbocycles. The van der Waals surface area contributed by atoms with Crippen LogP contribution in [0.5, 0.6) is 0 Å². The molecule has 1 aliphatic rings. The Morgan fingerprint density at radius 1 is 1.03 bits per heavy atom. The minimum atomic E-state index is 0.110. The van der Waals surface area contributed by atoms with Crippen LogP contribution in [-0.4, -0.2) is 21.5 Å². The van der Waals surface area contributed by atoms with E-state index in [0.717, 1.165) is 28.3 Å². The predicted molar refractivity (Wildman–Crippen MR) is 117 cm³/mol. The zero-order valence-electron chi connectivity index (χ0n) is 17.3. The number of nitrogens with zero attached hydrogens (tertiary/aromatic N) is 3. The van der Waals surface area contributed by atoms with E-state index in [9.17, 15) is 0 Å². The summed E-state index contributed by atoms with van der Waals surface area (Å²) in [5, 5.41) is 8.54. The maximum Gasteiger partial charge on any atom is 0.398 e. The number of rotatable bonds is 3. The van der Waals surface area contributed by atoms with Gasteiger partial charge in [-0.05, 0) is 22.6 Å². The van der Waals surface area contributed by atoms with E-state index in [1.54, 1.807) is 0 Å². The number of aromatic nitrogens is 2. The number of hydrogen-bond acceptors (Lipinski definition) is 2. The Morgan fingerprint density at radius 2 is 1.79 bits per heavy atom. The van der Waals surface area contributed by atoms with Gasteiger partial charge in [-0.2, -0.15) is 0 Å². The first-order valence-corrected chi connectivity index (χ1v) is 9.70. The molecule has 0 radical (unpaired) electrons. The molecule has 2 heterocycles. The monoisotopic (exact) mass is 383 g/mol. The highest BCUT2D eigenvalue weighted by atomic mass is 16.4. The van der Waals surface area contributed by atoms with E-state index < -0.39 is 0 Å². The van der Waals surface area contributed by atoms with E-state index >= 15 is 0 Å². The van der Waals surface area contributed by atoms with Crippen molar-refractivity contribution in [2.75, 3.05) is 0 Å². The number of benzene rings is 2. The molecule has 0 aliphatic carbocycles. The molecule has 0 saturated carbocycles. The number of allylic oxidation sites excluding steroid dienone is 2. The first-order chi connectivity index (χ1) is 13.8. The van der Waals surface area contributed by atoms with Crippen LogP contribution < -0.4 is 0 Å². The fourth-order valence-corrected chi connectivity index (χ4v) is 3.32. The second kappa shape index (κ2) is 7.21. The molecular formula is C25H25N3O. The van der Waals surface area contributed by atoms with Crippen molar-refractivity contribution in [1.82, 2.24) is 10.2 Å². The van der Waals surface area contributed by atoms with E-state index in [2.05, 4.69) is 75.0 Å². The largest absolute Gasteiger partial charge is 0.398 e. The Kier molecular flexibility index (Phi) is 4.71. The molecule has 0 atom stereocenters. The van der Waals surface area contributed by atoms with Crippen molar-refractivity contribution < 1.29 is 8.99 Å². The Morgan fingerprint density at radius 3 is 2.48 bits per heavy atom. The molecule has 0 bridgehead atoms. The molecule has 0 amide bonds. The predicted octanol–water partition coefficient (Wildman–Crippen LogP) is 5.69. The summed E-state index contributed by atoms with van der Waals surface area (Å²) in [6.45, 7) is 12.8. The van der Waals surface area contributed by atoms with Gasteiger partial charge in [0.1, 0.15) is 12.2 Å². The van der Waals surface area contributed by atoms with Gasteiger partial charge in [0.15, 0.2) is 0 Å². The van der Waals surface area contributed by atoms with Crippen LogP contribution in [0.15, 0.2) is 71.3 Å². The van der Waals surface area contributed by atoms with Crippen LogP contribution in [0.25, 0.3) is 22.9 Å². The zero-order chi connectivity index (χ0) is 20.6. The van der Waals surface area contributed by atoms with Crippen molar-refractivity contribution >= 4 is 6.72 Å². The highest BCUT2D eigenvalue weighted by Crippen LogP contribution is 2.31. The SMILES string of the molecule is C=[N+]1C=CC=C[C-]1c1cc(-c2nn[c-](-c3ccc(C(C)(C)C)cc3)[o+]2)ccc1C. The van der Waals surface area contributed by atoms with Gasteiger partial charge in [0.05, 0.1) is 6.72 Å². The lowest BCUT2D eigenvalue weighted by atomic mass is 9.87. The second-order valence-corrected chi connectivity index (χ2v) is 8.33. The molecule has 0 spiro atoms. The Hall–Kier alpha value is -3.40. The second-order valence-electron chi connectivity index (χ2n) is 8.33. The van der Waals surface area contributed by atoms with Gasteiger partial charge in [-0.25, -0.2) is 0 Å². The molecule has 0 saturated heterocycles. The van der Waals surface area contributed by atoms with Gasteiger partial charge in [-0.15, -0.1) is 40.5 Å². The summed E-state index contributed by atoms with van der Waals surface area (Å²) in [5.74, 6) is 1.03. The van der Waals surface area contributed by atoms with Crippen LogP contribution in [0.1, 0.15) is 37.5 Å². The van der Waals surface area contributed by atoms with E-state index in [4.69, 9.17) is 4.42 Å². The maximum atomic E-state index is 6.00. The standard InChI is InChI=1S/C25H25N3O/c1-17-9-10-19(16-21(17)22-8-6-7-15-28(22)5)24-27-26-23(29-24)18-11-13-20(14-12-18)25(2,3)4/h6-16H,5H2,1-4H3. The van der Waals surface area contributed by atoms with Crippen molar-refractivity contribution in [1.29, 1.82) is 0 Å². The van der Waals surface area contributed by atoms with Crippen molar-refractivity contribution in [3.05, 3.63) is 89.6 Å². The maximum absolute atomic E-state index is 6.00. The van der Waals surface area contributed by atoms with E-state index in [1.165, 1.54) is 5.56 Å². The van der Waals surface area contributed by atoms with Crippen molar-refractivity contribution in [3.63, 3.8) is 0 Å². The summed E-state index contributed by atoms with van der Waals surface area (Å²) in [5.41, 5.74) is 5.44. The van der Waals surface area contributed by atoms with Crippen molar-refractivity contribution in [2.45, 2.75) is 33.1 Å². The first kappa shape index (κ1) is 18.9. The Labute approximate surface area is 171 Å². The summed E-state index contributed by atoms with van der Waals surface area (Å²) < 4.78 is 7.86. The quantitative estimate of drug-likeness (QED) is 0.331. The van der Waals surface area contributed by atoms with Gasteiger partial charge in [0, 0.05) is 5.56 Å². The number of hydrogen-bond donors (Lipinski definition) is 0. The third-order valence-corrected chi connectivity index (χ3v) is 5.12. The molecule has 29 heavy (non-hydrogen) atoms. The molecule has 0 fully saturated rings. The van der Waals surface area contributed by atoms with Crippen LogP contribution in [0.2, 0.25) is 0 Å². The van der Waals surface area contributed by atoms with Crippen molar-refractivity contribution in [3.8, 4) is 22.9 Å². The molecular weight excluding hydrogens is 358 g/mol. The average molecular weight is 383 g/mol. The summed E-state index contributed by atoms with van der Waals surface area (Å²) in [4.78, 5) is 0. The summed E-state index contributed by atoms with van der Waals surface area (Å²) in [7, 11) is 0. The average Bonchev–Trinajstić information content (AvgIpc) is 3.19. The molecule has 4 heteroatoms. The van der Waals surface area contributed by atoms with Crippen LogP contribution in [0.3, 0.4) is 0 Å². The highest BCUT2D eigenvalue weighted by Gasteiger charge is 2.21. The summed E-state index contributed by atoms with van der Waals surface area (Å²) in [6.07, 6.45) is 7.96. The van der Waals surface area contributed by atoms with Gasteiger partial charge in [0.2, 0.25) is 0 Å².